The van der Waals surface area contributed by atoms with Crippen LogP contribution in [0.3, 0.4) is 0 Å². The molecular weight excluding hydrogens is 378 g/mol. The van der Waals surface area contributed by atoms with Gasteiger partial charge >= 0.3 is 11.8 Å². The topological polar surface area (TPSA) is 105 Å². The highest BCUT2D eigenvalue weighted by Gasteiger charge is 2.31. The lowest BCUT2D eigenvalue weighted by Gasteiger charge is -2.19. The molecule has 0 aliphatic carbocycles. The number of hydrogen-bond acceptors (Lipinski definition) is 5. The molecule has 0 spiro atoms. The van der Waals surface area contributed by atoms with Gasteiger partial charge in [-0.05, 0) is 62.6 Å². The van der Waals surface area contributed by atoms with Crippen LogP contribution < -0.4 is 10.6 Å². The van der Waals surface area contributed by atoms with Crippen molar-refractivity contribution in [1.82, 2.24) is 15.6 Å². The molecule has 0 bridgehead atoms. The van der Waals surface area contributed by atoms with Gasteiger partial charge in [0.05, 0.1) is 4.90 Å². The number of hydrogen-bond donors (Lipinski definition) is 2. The van der Waals surface area contributed by atoms with Crippen molar-refractivity contribution in [2.24, 2.45) is 0 Å². The Bertz CT molecular complexity index is 957. The third kappa shape index (κ3) is 5.16. The van der Waals surface area contributed by atoms with E-state index >= 15 is 0 Å². The van der Waals surface area contributed by atoms with Crippen molar-refractivity contribution in [3.63, 3.8) is 0 Å². The van der Waals surface area contributed by atoms with Gasteiger partial charge in [0.1, 0.15) is 5.25 Å². The van der Waals surface area contributed by atoms with E-state index < -0.39 is 26.9 Å². The van der Waals surface area contributed by atoms with Gasteiger partial charge in [-0.25, -0.2) is 8.42 Å². The van der Waals surface area contributed by atoms with Gasteiger partial charge in [0.25, 0.3) is 0 Å². The van der Waals surface area contributed by atoms with Crippen LogP contribution in [-0.4, -0.2) is 37.8 Å². The van der Waals surface area contributed by atoms with Crippen LogP contribution >= 0.6 is 0 Å². The van der Waals surface area contributed by atoms with E-state index in [1.807, 2.05) is 13.8 Å². The van der Waals surface area contributed by atoms with Gasteiger partial charge in [-0.1, -0.05) is 12.1 Å². The monoisotopic (exact) mass is 403 g/mol. The van der Waals surface area contributed by atoms with E-state index in [2.05, 4.69) is 15.6 Å². The fraction of sp³-hybridized carbons (Fsp3) is 0.350. The summed E-state index contributed by atoms with van der Waals surface area (Å²) in [6.07, 6.45) is 2.99. The van der Waals surface area contributed by atoms with Crippen molar-refractivity contribution < 1.29 is 18.0 Å². The summed E-state index contributed by atoms with van der Waals surface area (Å²) >= 11 is 0. The summed E-state index contributed by atoms with van der Waals surface area (Å²) in [5, 5.41) is 3.84. The molecule has 8 heteroatoms. The van der Waals surface area contributed by atoms with Gasteiger partial charge in [-0.2, -0.15) is 0 Å². The first kappa shape index (κ1) is 21.6. The molecule has 150 valence electrons. The van der Waals surface area contributed by atoms with Crippen molar-refractivity contribution in [2.45, 2.75) is 43.9 Å². The number of benzene rings is 1. The van der Waals surface area contributed by atoms with Crippen LogP contribution in [0.5, 0.6) is 0 Å². The third-order valence-corrected chi connectivity index (χ3v) is 6.41. The summed E-state index contributed by atoms with van der Waals surface area (Å²) < 4.78 is 26.6. The van der Waals surface area contributed by atoms with Crippen LogP contribution in [0.4, 0.5) is 0 Å². The first-order chi connectivity index (χ1) is 13.1. The highest BCUT2D eigenvalue weighted by Crippen LogP contribution is 2.29. The number of pyridine rings is 1. The van der Waals surface area contributed by atoms with Gasteiger partial charge in [0, 0.05) is 25.0 Å². The molecule has 1 heterocycles. The molecule has 0 fully saturated rings. The zero-order chi connectivity index (χ0) is 20.9. The fourth-order valence-electron chi connectivity index (χ4n) is 2.62. The highest BCUT2D eigenvalue weighted by molar-refractivity contribution is 7.91. The molecule has 1 aromatic heterocycles. The van der Waals surface area contributed by atoms with Gasteiger partial charge in [0.15, 0.2) is 9.84 Å². The Morgan fingerprint density at radius 1 is 1.07 bits per heavy atom. The van der Waals surface area contributed by atoms with Crippen molar-refractivity contribution in [3.8, 4) is 0 Å². The van der Waals surface area contributed by atoms with Crippen molar-refractivity contribution >= 4 is 21.7 Å². The van der Waals surface area contributed by atoms with E-state index in [-0.39, 0.29) is 17.5 Å². The number of aromatic nitrogens is 1. The van der Waals surface area contributed by atoms with Crippen molar-refractivity contribution in [3.05, 3.63) is 59.4 Å². The summed E-state index contributed by atoms with van der Waals surface area (Å²) in [4.78, 5) is 28.0. The number of sulfone groups is 1. The maximum absolute atomic E-state index is 13.3. The summed E-state index contributed by atoms with van der Waals surface area (Å²) in [5.74, 6) is -1.68. The van der Waals surface area contributed by atoms with Crippen LogP contribution in [0.1, 0.15) is 35.8 Å². The molecule has 0 radical (unpaired) electrons. The molecule has 28 heavy (non-hydrogen) atoms. The summed E-state index contributed by atoms with van der Waals surface area (Å²) in [5.41, 5.74) is 2.27. The standard InChI is InChI=1S/C20H25N3O4S/c1-13(2)23-20(25)19(24)22-12-18(16-6-5-9-21-11-16)28(26,27)17-8-7-14(3)15(4)10-17/h5-11,13,18H,12H2,1-4H3,(H,22,24)(H,23,25)/t18-/m0/s1. The zero-order valence-corrected chi connectivity index (χ0v) is 17.2. The minimum Gasteiger partial charge on any atom is -0.346 e. The Morgan fingerprint density at radius 3 is 2.36 bits per heavy atom. The average Bonchev–Trinajstić information content (AvgIpc) is 2.64. The van der Waals surface area contributed by atoms with Gasteiger partial charge in [-0.3, -0.25) is 14.6 Å². The molecule has 0 aliphatic rings. The minimum atomic E-state index is -3.82. The molecule has 0 unspecified atom stereocenters. The van der Waals surface area contributed by atoms with E-state index in [0.717, 1.165) is 11.1 Å². The highest BCUT2D eigenvalue weighted by atomic mass is 32.2. The number of carbonyl (C=O) groups is 2. The summed E-state index contributed by atoms with van der Waals surface area (Å²) in [6.45, 7) is 6.95. The van der Waals surface area contributed by atoms with E-state index in [1.54, 1.807) is 44.2 Å². The zero-order valence-electron chi connectivity index (χ0n) is 16.4. The third-order valence-electron chi connectivity index (χ3n) is 4.31. The lowest BCUT2D eigenvalue weighted by molar-refractivity contribution is -0.139. The second kappa shape index (κ2) is 8.97. The molecule has 1 atom stereocenters. The second-order valence-corrected chi connectivity index (χ2v) is 9.03. The number of aryl methyl sites for hydroxylation is 2. The van der Waals surface area contributed by atoms with Crippen LogP contribution in [0.25, 0.3) is 0 Å². The Hall–Kier alpha value is -2.74. The molecule has 0 aliphatic heterocycles. The number of nitrogens with zero attached hydrogens (tertiary/aromatic N) is 1. The average molecular weight is 404 g/mol. The van der Waals surface area contributed by atoms with E-state index in [0.29, 0.717) is 5.56 Å². The molecule has 7 nitrogen and oxygen atoms in total. The van der Waals surface area contributed by atoms with Crippen LogP contribution in [0, 0.1) is 13.8 Å². The molecular formula is C20H25N3O4S. The smallest absolute Gasteiger partial charge is 0.309 e. The maximum atomic E-state index is 13.3. The maximum Gasteiger partial charge on any atom is 0.309 e. The normalized spacial score (nSPS) is 12.5. The number of amides is 2. The van der Waals surface area contributed by atoms with Gasteiger partial charge in [0.2, 0.25) is 0 Å². The predicted molar refractivity (Wildman–Crippen MR) is 106 cm³/mol. The summed E-state index contributed by atoms with van der Waals surface area (Å²) in [7, 11) is -3.82. The van der Waals surface area contributed by atoms with Crippen LogP contribution in [0.2, 0.25) is 0 Å². The van der Waals surface area contributed by atoms with Crippen molar-refractivity contribution in [2.75, 3.05) is 6.54 Å². The minimum absolute atomic E-state index is 0.158. The molecule has 0 saturated heterocycles. The fourth-order valence-corrected chi connectivity index (χ4v) is 4.35. The lowest BCUT2D eigenvalue weighted by Crippen LogP contribution is -2.44. The van der Waals surface area contributed by atoms with Gasteiger partial charge < -0.3 is 10.6 Å². The number of nitrogens with one attached hydrogen (secondary N) is 2. The molecule has 2 aromatic rings. The van der Waals surface area contributed by atoms with E-state index in [4.69, 9.17) is 0 Å². The van der Waals surface area contributed by atoms with E-state index in [1.165, 1.54) is 12.4 Å². The SMILES string of the molecule is Cc1ccc(S(=O)(=O)[C@@H](CNC(=O)C(=O)NC(C)C)c2cccnc2)cc1C. The predicted octanol–water partition coefficient (Wildman–Crippen LogP) is 1.85. The van der Waals surface area contributed by atoms with Crippen molar-refractivity contribution in [1.29, 1.82) is 0 Å². The molecule has 2 amide bonds. The largest absolute Gasteiger partial charge is 0.346 e. The Morgan fingerprint density at radius 2 is 1.79 bits per heavy atom. The Kier molecular flexibility index (Phi) is 6.90. The Balaban J connectivity index is 2.33. The first-order valence-electron chi connectivity index (χ1n) is 8.92. The molecule has 1 aromatic carbocycles. The van der Waals surface area contributed by atoms with E-state index in [9.17, 15) is 18.0 Å². The molecule has 2 N–H and O–H groups in total. The Labute approximate surface area is 165 Å². The summed E-state index contributed by atoms with van der Waals surface area (Å²) in [6, 6.07) is 7.97. The van der Waals surface area contributed by atoms with Gasteiger partial charge in [-0.15, -0.1) is 0 Å². The molecule has 0 saturated carbocycles. The number of rotatable bonds is 6. The van der Waals surface area contributed by atoms with Crippen LogP contribution in [-0.2, 0) is 19.4 Å². The van der Waals surface area contributed by atoms with Crippen LogP contribution in [0.15, 0.2) is 47.6 Å². The quantitative estimate of drug-likeness (QED) is 0.716. The molecule has 2 rings (SSSR count). The second-order valence-electron chi connectivity index (χ2n) is 6.90. The first-order valence-corrected chi connectivity index (χ1v) is 10.5. The lowest BCUT2D eigenvalue weighted by atomic mass is 10.1. The number of carbonyl (C=O) groups excluding carboxylic acids is 2.